The van der Waals surface area contributed by atoms with Crippen LogP contribution < -0.4 is 4.90 Å². The first kappa shape index (κ1) is 16.1. The number of carbonyl (C=O) groups is 1. The molecule has 0 radical (unpaired) electrons. The molecule has 2 fully saturated rings. The molecule has 3 rings (SSSR count). The maximum atomic E-state index is 12.8. The summed E-state index contributed by atoms with van der Waals surface area (Å²) in [6.07, 6.45) is 0.419. The van der Waals surface area contributed by atoms with Crippen molar-refractivity contribution in [2.75, 3.05) is 25.0 Å². The molecule has 126 valence electrons. The van der Waals surface area contributed by atoms with E-state index >= 15 is 0 Å². The quantitative estimate of drug-likeness (QED) is 0.856. The van der Waals surface area contributed by atoms with Crippen LogP contribution in [-0.2, 0) is 11.0 Å². The molecule has 1 aliphatic heterocycles. The molecular weight excluding hydrogens is 307 g/mol. The minimum Gasteiger partial charge on any atom is -0.369 e. The van der Waals surface area contributed by atoms with Crippen LogP contribution in [0.25, 0.3) is 0 Å². The third kappa shape index (κ3) is 3.59. The lowest BCUT2D eigenvalue weighted by atomic mass is 10.0. The van der Waals surface area contributed by atoms with Gasteiger partial charge in [0.25, 0.3) is 0 Å². The van der Waals surface area contributed by atoms with E-state index in [-0.39, 0.29) is 17.9 Å². The van der Waals surface area contributed by atoms with Gasteiger partial charge in [0, 0.05) is 44.0 Å². The molecule has 0 aromatic carbocycles. The Morgan fingerprint density at radius 3 is 2.74 bits per heavy atom. The molecule has 1 aromatic heterocycles. The second-order valence-electron chi connectivity index (χ2n) is 6.36. The highest BCUT2D eigenvalue weighted by molar-refractivity contribution is 5.81. The van der Waals surface area contributed by atoms with E-state index in [4.69, 9.17) is 0 Å². The van der Waals surface area contributed by atoms with Gasteiger partial charge in [0.1, 0.15) is 5.69 Å². The summed E-state index contributed by atoms with van der Waals surface area (Å²) in [6.45, 7) is 1.26. The van der Waals surface area contributed by atoms with Gasteiger partial charge in [-0.25, -0.2) is 0 Å². The van der Waals surface area contributed by atoms with Crippen molar-refractivity contribution in [2.45, 2.75) is 37.9 Å². The molecule has 1 aromatic rings. The van der Waals surface area contributed by atoms with Crippen LogP contribution in [0, 0.1) is 5.92 Å². The van der Waals surface area contributed by atoms with Crippen LogP contribution >= 0.6 is 0 Å². The molecule has 1 saturated carbocycles. The van der Waals surface area contributed by atoms with Crippen LogP contribution in [0.5, 0.6) is 0 Å². The van der Waals surface area contributed by atoms with Gasteiger partial charge in [0.05, 0.1) is 0 Å². The number of likely N-dealkylation sites (N-methyl/N-ethyl adjacent to an activating group) is 1. The van der Waals surface area contributed by atoms with E-state index < -0.39 is 11.9 Å². The SMILES string of the molecule is CN(C(=O)C1CC1)C1CCCN(c2ccnc(C(F)(F)F)c2)C1. The van der Waals surface area contributed by atoms with Crippen LogP contribution in [0.15, 0.2) is 18.3 Å². The summed E-state index contributed by atoms with van der Waals surface area (Å²) in [5.74, 6) is 0.329. The topological polar surface area (TPSA) is 36.4 Å². The molecule has 0 spiro atoms. The van der Waals surface area contributed by atoms with E-state index in [1.165, 1.54) is 6.20 Å². The Morgan fingerprint density at radius 2 is 2.09 bits per heavy atom. The van der Waals surface area contributed by atoms with Crippen molar-refractivity contribution in [3.8, 4) is 0 Å². The van der Waals surface area contributed by atoms with Gasteiger partial charge < -0.3 is 9.80 Å². The van der Waals surface area contributed by atoms with E-state index in [0.29, 0.717) is 18.8 Å². The lowest BCUT2D eigenvalue weighted by molar-refractivity contribution is -0.141. The monoisotopic (exact) mass is 327 g/mol. The summed E-state index contributed by atoms with van der Waals surface area (Å²) in [5.41, 5.74) is -0.358. The Hall–Kier alpha value is -1.79. The molecule has 2 aliphatic rings. The summed E-state index contributed by atoms with van der Waals surface area (Å²) in [4.78, 5) is 19.3. The number of nitrogens with zero attached hydrogens (tertiary/aromatic N) is 3. The predicted molar refractivity (Wildman–Crippen MR) is 80.0 cm³/mol. The highest BCUT2D eigenvalue weighted by Crippen LogP contribution is 2.33. The Morgan fingerprint density at radius 1 is 1.35 bits per heavy atom. The third-order valence-electron chi connectivity index (χ3n) is 4.62. The third-order valence-corrected chi connectivity index (χ3v) is 4.62. The number of piperidine rings is 1. The van der Waals surface area contributed by atoms with Crippen LogP contribution in [0.1, 0.15) is 31.4 Å². The van der Waals surface area contributed by atoms with Crippen molar-refractivity contribution < 1.29 is 18.0 Å². The molecule has 1 amide bonds. The van der Waals surface area contributed by atoms with Crippen LogP contribution in [-0.4, -0.2) is 42.0 Å². The summed E-state index contributed by atoms with van der Waals surface area (Å²) in [7, 11) is 1.81. The Bertz CT molecular complexity index is 586. The molecule has 1 unspecified atom stereocenters. The van der Waals surface area contributed by atoms with Gasteiger partial charge in [0.15, 0.2) is 0 Å². The lowest BCUT2D eigenvalue weighted by Gasteiger charge is -2.39. The van der Waals surface area contributed by atoms with Crippen molar-refractivity contribution in [2.24, 2.45) is 5.92 Å². The molecule has 0 bridgehead atoms. The maximum Gasteiger partial charge on any atom is 0.433 e. The molecule has 1 atom stereocenters. The molecule has 4 nitrogen and oxygen atoms in total. The van der Waals surface area contributed by atoms with Crippen molar-refractivity contribution in [3.63, 3.8) is 0 Å². The molecule has 23 heavy (non-hydrogen) atoms. The van der Waals surface area contributed by atoms with Crippen molar-refractivity contribution >= 4 is 11.6 Å². The van der Waals surface area contributed by atoms with Crippen molar-refractivity contribution in [1.29, 1.82) is 0 Å². The zero-order valence-electron chi connectivity index (χ0n) is 13.0. The average Bonchev–Trinajstić information content (AvgIpc) is 3.38. The number of aromatic nitrogens is 1. The number of halogens is 3. The van der Waals surface area contributed by atoms with E-state index in [1.807, 2.05) is 11.9 Å². The van der Waals surface area contributed by atoms with Gasteiger partial charge in [-0.1, -0.05) is 0 Å². The normalized spacial score (nSPS) is 22.1. The van der Waals surface area contributed by atoms with Crippen molar-refractivity contribution in [1.82, 2.24) is 9.88 Å². The highest BCUT2D eigenvalue weighted by atomic mass is 19.4. The standard InChI is InChI=1S/C16H20F3N3O/c1-21(15(23)11-4-5-11)13-3-2-8-22(10-13)12-6-7-20-14(9-12)16(17,18)19/h6-7,9,11,13H,2-5,8,10H2,1H3. The fourth-order valence-electron chi connectivity index (χ4n) is 3.07. The maximum absolute atomic E-state index is 12.8. The van der Waals surface area contributed by atoms with Crippen LogP contribution in [0.4, 0.5) is 18.9 Å². The second-order valence-corrected chi connectivity index (χ2v) is 6.36. The summed E-state index contributed by atoms with van der Waals surface area (Å²) >= 11 is 0. The summed E-state index contributed by atoms with van der Waals surface area (Å²) in [6, 6.07) is 2.74. The van der Waals surface area contributed by atoms with Gasteiger partial charge in [-0.05, 0) is 37.8 Å². The molecule has 1 saturated heterocycles. The number of hydrogen-bond acceptors (Lipinski definition) is 3. The van der Waals surface area contributed by atoms with E-state index in [1.54, 1.807) is 11.0 Å². The Labute approximate surface area is 133 Å². The summed E-state index contributed by atoms with van der Waals surface area (Å²) < 4.78 is 38.4. The van der Waals surface area contributed by atoms with Gasteiger partial charge in [-0.2, -0.15) is 13.2 Å². The first-order valence-corrected chi connectivity index (χ1v) is 7.91. The summed E-state index contributed by atoms with van der Waals surface area (Å²) in [5, 5.41) is 0. The second kappa shape index (κ2) is 6.02. The smallest absolute Gasteiger partial charge is 0.369 e. The predicted octanol–water partition coefficient (Wildman–Crippen LogP) is 2.94. The number of pyridine rings is 1. The van der Waals surface area contributed by atoms with Gasteiger partial charge in [-0.3, -0.25) is 9.78 Å². The number of rotatable bonds is 3. The molecule has 0 N–H and O–H groups in total. The van der Waals surface area contributed by atoms with Gasteiger partial charge >= 0.3 is 6.18 Å². The van der Waals surface area contributed by atoms with E-state index in [9.17, 15) is 18.0 Å². The van der Waals surface area contributed by atoms with Gasteiger partial charge in [0.2, 0.25) is 5.91 Å². The Balaban J connectivity index is 1.72. The van der Waals surface area contributed by atoms with E-state index in [2.05, 4.69) is 4.98 Å². The average molecular weight is 327 g/mol. The first-order valence-electron chi connectivity index (χ1n) is 7.91. The fraction of sp³-hybridized carbons (Fsp3) is 0.625. The fourth-order valence-corrected chi connectivity index (χ4v) is 3.07. The zero-order chi connectivity index (χ0) is 16.6. The lowest BCUT2D eigenvalue weighted by Crippen LogP contribution is -2.49. The number of hydrogen-bond donors (Lipinski definition) is 0. The number of amides is 1. The van der Waals surface area contributed by atoms with Crippen molar-refractivity contribution in [3.05, 3.63) is 24.0 Å². The van der Waals surface area contributed by atoms with E-state index in [0.717, 1.165) is 31.7 Å². The van der Waals surface area contributed by atoms with Crippen LogP contribution in [0.3, 0.4) is 0 Å². The Kier molecular flexibility index (Phi) is 4.21. The minimum absolute atomic E-state index is 0.0550. The molecule has 2 heterocycles. The van der Waals surface area contributed by atoms with Crippen LogP contribution in [0.2, 0.25) is 0 Å². The zero-order valence-corrected chi connectivity index (χ0v) is 13.0. The number of anilines is 1. The minimum atomic E-state index is -4.44. The highest BCUT2D eigenvalue weighted by Gasteiger charge is 2.36. The first-order chi connectivity index (χ1) is 10.9. The molecular formula is C16H20F3N3O. The van der Waals surface area contributed by atoms with Gasteiger partial charge in [-0.15, -0.1) is 0 Å². The molecule has 7 heteroatoms. The molecule has 1 aliphatic carbocycles. The number of alkyl halides is 3. The number of carbonyl (C=O) groups excluding carboxylic acids is 1. The largest absolute Gasteiger partial charge is 0.433 e.